The summed E-state index contributed by atoms with van der Waals surface area (Å²) in [6, 6.07) is 0. The van der Waals surface area contributed by atoms with Crippen LogP contribution in [0.1, 0.15) is 323 Å². The van der Waals surface area contributed by atoms with E-state index in [0.717, 1.165) is 89.9 Å². The van der Waals surface area contributed by atoms with Crippen molar-refractivity contribution in [2.45, 2.75) is 329 Å². The van der Waals surface area contributed by atoms with Crippen LogP contribution in [0.4, 0.5) is 0 Å². The topological polar surface area (TPSA) is 78.9 Å². The molecule has 0 N–H and O–H groups in total. The molecule has 6 nitrogen and oxygen atoms in total. The van der Waals surface area contributed by atoms with Gasteiger partial charge in [-0.05, 0) is 77.0 Å². The Labute approximate surface area is 435 Å². The van der Waals surface area contributed by atoms with Gasteiger partial charge in [0.05, 0.1) is 0 Å². The molecule has 0 aliphatic heterocycles. The molecule has 0 fully saturated rings. The summed E-state index contributed by atoms with van der Waals surface area (Å²) in [6.07, 6.45) is 72.6. The van der Waals surface area contributed by atoms with E-state index in [1.807, 2.05) is 0 Å². The molecule has 0 rings (SSSR count). The largest absolute Gasteiger partial charge is 0.462 e. The van der Waals surface area contributed by atoms with Crippen LogP contribution >= 0.6 is 0 Å². The molecule has 0 saturated heterocycles. The molecule has 0 aromatic rings. The molecule has 0 bridgehead atoms. The van der Waals surface area contributed by atoms with Gasteiger partial charge in [0.1, 0.15) is 13.2 Å². The summed E-state index contributed by atoms with van der Waals surface area (Å²) in [5.74, 6) is -0.875. The fourth-order valence-electron chi connectivity index (χ4n) is 8.90. The maximum atomic E-state index is 12.8. The first kappa shape index (κ1) is 67.4. The number of rotatable bonds is 56. The number of hydrogen-bond donors (Lipinski definition) is 0. The molecule has 0 heterocycles. The Hall–Kier alpha value is -2.63. The summed E-state index contributed by atoms with van der Waals surface area (Å²) in [5.41, 5.74) is 0. The number of hydrogen-bond acceptors (Lipinski definition) is 6. The van der Waals surface area contributed by atoms with Crippen molar-refractivity contribution in [3.05, 3.63) is 48.6 Å². The van der Waals surface area contributed by atoms with Gasteiger partial charge in [-0.2, -0.15) is 0 Å². The van der Waals surface area contributed by atoms with E-state index in [1.165, 1.54) is 193 Å². The number of ether oxygens (including phenoxy) is 3. The molecule has 0 aromatic carbocycles. The molecule has 1 atom stereocenters. The second-order valence-electron chi connectivity index (χ2n) is 20.6. The van der Waals surface area contributed by atoms with E-state index in [1.54, 1.807) is 0 Å². The highest BCUT2D eigenvalue weighted by molar-refractivity contribution is 5.71. The average Bonchev–Trinajstić information content (AvgIpc) is 3.36. The lowest BCUT2D eigenvalue weighted by Crippen LogP contribution is -2.30. The van der Waals surface area contributed by atoms with Crippen LogP contribution in [0, 0.1) is 0 Å². The first-order chi connectivity index (χ1) is 34.5. The van der Waals surface area contributed by atoms with Gasteiger partial charge < -0.3 is 14.2 Å². The second kappa shape index (κ2) is 58.9. The highest BCUT2D eigenvalue weighted by Crippen LogP contribution is 2.17. The van der Waals surface area contributed by atoms with Crippen molar-refractivity contribution in [2.75, 3.05) is 13.2 Å². The Bertz CT molecular complexity index is 1220. The van der Waals surface area contributed by atoms with Gasteiger partial charge in [-0.25, -0.2) is 0 Å². The van der Waals surface area contributed by atoms with Crippen molar-refractivity contribution in [1.82, 2.24) is 0 Å². The minimum absolute atomic E-state index is 0.0752. The Morgan fingerprint density at radius 2 is 0.529 bits per heavy atom. The first-order valence-electron chi connectivity index (χ1n) is 30.6. The van der Waals surface area contributed by atoms with Gasteiger partial charge in [0.15, 0.2) is 6.10 Å². The van der Waals surface area contributed by atoms with E-state index in [-0.39, 0.29) is 31.1 Å². The molecule has 1 unspecified atom stereocenters. The quantitative estimate of drug-likeness (QED) is 0.0261. The average molecular weight is 982 g/mol. The maximum Gasteiger partial charge on any atom is 0.306 e. The van der Waals surface area contributed by atoms with E-state index >= 15 is 0 Å². The van der Waals surface area contributed by atoms with Crippen molar-refractivity contribution in [2.24, 2.45) is 0 Å². The molecular formula is C64H116O6. The van der Waals surface area contributed by atoms with Crippen LogP contribution in [-0.4, -0.2) is 37.2 Å². The van der Waals surface area contributed by atoms with E-state index in [9.17, 15) is 14.4 Å². The number of esters is 3. The van der Waals surface area contributed by atoms with Gasteiger partial charge in [-0.1, -0.05) is 275 Å². The number of carbonyl (C=O) groups excluding carboxylic acids is 3. The summed E-state index contributed by atoms with van der Waals surface area (Å²) in [5, 5.41) is 0. The van der Waals surface area contributed by atoms with E-state index in [0.29, 0.717) is 19.3 Å². The van der Waals surface area contributed by atoms with Crippen LogP contribution in [0.15, 0.2) is 48.6 Å². The molecule has 0 saturated carbocycles. The van der Waals surface area contributed by atoms with Crippen molar-refractivity contribution in [1.29, 1.82) is 0 Å². The molecule has 0 amide bonds. The standard InChI is InChI=1S/C64H116O6/c1-4-7-10-13-16-19-22-24-26-27-28-29-30-31-32-33-34-35-36-37-38-40-42-45-48-51-54-57-63(66)69-60-61(59-68-62(65)56-53-50-47-44-41-21-18-15-12-9-6-3)70-64(67)58-55-52-49-46-43-39-25-23-20-17-14-11-8-5-2/h14,17,22-25,27-28,61H,4-13,15-16,18-21,26,29-60H2,1-3H3/b17-14-,24-22-,25-23-,28-27-. The van der Waals surface area contributed by atoms with Gasteiger partial charge in [-0.15, -0.1) is 0 Å². The van der Waals surface area contributed by atoms with E-state index < -0.39 is 6.10 Å². The van der Waals surface area contributed by atoms with Crippen LogP contribution in [-0.2, 0) is 28.6 Å². The summed E-state index contributed by atoms with van der Waals surface area (Å²) in [6.45, 7) is 6.60. The monoisotopic (exact) mass is 981 g/mol. The normalized spacial score (nSPS) is 12.3. The molecule has 0 aliphatic carbocycles. The first-order valence-corrected chi connectivity index (χ1v) is 30.6. The second-order valence-corrected chi connectivity index (χ2v) is 20.6. The summed E-state index contributed by atoms with van der Waals surface area (Å²) >= 11 is 0. The molecule has 0 aliphatic rings. The fraction of sp³-hybridized carbons (Fsp3) is 0.828. The van der Waals surface area contributed by atoms with Crippen molar-refractivity contribution < 1.29 is 28.6 Å². The molecular weight excluding hydrogens is 865 g/mol. The predicted octanol–water partition coefficient (Wildman–Crippen LogP) is 20.6. The van der Waals surface area contributed by atoms with Crippen molar-refractivity contribution in [3.63, 3.8) is 0 Å². The summed E-state index contributed by atoms with van der Waals surface area (Å²) in [7, 11) is 0. The smallest absolute Gasteiger partial charge is 0.306 e. The van der Waals surface area contributed by atoms with Gasteiger partial charge in [0, 0.05) is 19.3 Å². The van der Waals surface area contributed by atoms with Crippen LogP contribution < -0.4 is 0 Å². The van der Waals surface area contributed by atoms with Gasteiger partial charge in [0.2, 0.25) is 0 Å². The zero-order valence-corrected chi connectivity index (χ0v) is 46.8. The SMILES string of the molecule is CCCC/C=C\C/C=C\CCCCCCCC(=O)OC(COC(=O)CCCCCCCCCCCCC)COC(=O)CCCCCCCCCCCCCCCCC/C=C\C/C=C\CCCCCCC. The molecule has 0 spiro atoms. The summed E-state index contributed by atoms with van der Waals surface area (Å²) in [4.78, 5) is 38.1. The number of unbranched alkanes of at least 4 members (excludes halogenated alkanes) is 37. The zero-order valence-electron chi connectivity index (χ0n) is 46.8. The van der Waals surface area contributed by atoms with E-state index in [4.69, 9.17) is 14.2 Å². The Morgan fingerprint density at radius 1 is 0.286 bits per heavy atom. The van der Waals surface area contributed by atoms with Gasteiger partial charge >= 0.3 is 17.9 Å². The molecule has 0 aromatic heterocycles. The van der Waals surface area contributed by atoms with Crippen LogP contribution in [0.2, 0.25) is 0 Å². The molecule has 6 heteroatoms. The lowest BCUT2D eigenvalue weighted by atomic mass is 10.0. The predicted molar refractivity (Wildman–Crippen MR) is 302 cm³/mol. The Balaban J connectivity index is 4.17. The highest BCUT2D eigenvalue weighted by atomic mass is 16.6. The molecule has 0 radical (unpaired) electrons. The van der Waals surface area contributed by atoms with Crippen LogP contribution in [0.25, 0.3) is 0 Å². The van der Waals surface area contributed by atoms with Gasteiger partial charge in [0.25, 0.3) is 0 Å². The third-order valence-corrected chi connectivity index (χ3v) is 13.6. The minimum Gasteiger partial charge on any atom is -0.462 e. The van der Waals surface area contributed by atoms with E-state index in [2.05, 4.69) is 69.4 Å². The Morgan fingerprint density at radius 3 is 0.829 bits per heavy atom. The van der Waals surface area contributed by atoms with Crippen LogP contribution in [0.5, 0.6) is 0 Å². The maximum absolute atomic E-state index is 12.8. The number of carbonyl (C=O) groups is 3. The molecule has 70 heavy (non-hydrogen) atoms. The van der Waals surface area contributed by atoms with Crippen molar-refractivity contribution in [3.8, 4) is 0 Å². The number of allylic oxidation sites excluding steroid dienone is 8. The van der Waals surface area contributed by atoms with Crippen molar-refractivity contribution >= 4 is 17.9 Å². The molecule has 408 valence electrons. The third-order valence-electron chi connectivity index (χ3n) is 13.6. The zero-order chi connectivity index (χ0) is 50.7. The lowest BCUT2D eigenvalue weighted by Gasteiger charge is -2.18. The minimum atomic E-state index is -0.777. The third kappa shape index (κ3) is 56.3. The Kier molecular flexibility index (Phi) is 56.7. The van der Waals surface area contributed by atoms with Crippen LogP contribution in [0.3, 0.4) is 0 Å². The highest BCUT2D eigenvalue weighted by Gasteiger charge is 2.19. The lowest BCUT2D eigenvalue weighted by molar-refractivity contribution is -0.167. The summed E-state index contributed by atoms with van der Waals surface area (Å²) < 4.78 is 16.9. The fourth-order valence-corrected chi connectivity index (χ4v) is 8.90. The van der Waals surface area contributed by atoms with Gasteiger partial charge in [-0.3, -0.25) is 14.4 Å².